The lowest BCUT2D eigenvalue weighted by molar-refractivity contribution is -0.123. The van der Waals surface area contributed by atoms with Crippen LogP contribution in [0.4, 0.5) is 5.69 Å². The van der Waals surface area contributed by atoms with Gasteiger partial charge in [-0.3, -0.25) is 4.79 Å². The van der Waals surface area contributed by atoms with Crippen molar-refractivity contribution in [2.45, 2.75) is 53.6 Å². The minimum absolute atomic E-state index is 0.247. The van der Waals surface area contributed by atoms with Gasteiger partial charge in [0.1, 0.15) is 0 Å². The summed E-state index contributed by atoms with van der Waals surface area (Å²) in [6, 6.07) is 10.7. The van der Waals surface area contributed by atoms with Crippen LogP contribution in [0.3, 0.4) is 0 Å². The van der Waals surface area contributed by atoms with Crippen molar-refractivity contribution in [1.82, 2.24) is 0 Å². The Morgan fingerprint density at radius 3 is 2.32 bits per heavy atom. The zero-order valence-corrected chi connectivity index (χ0v) is 19.4. The standard InChI is InChI=1S/C25H33NO5/c1-15(2)14-30-21-12-11-19(13-22(21)29-7)25(28)31-18(6)24(27)26-23-17(5)9-8-10-20(23)16(3)4/h8-13,15-16,18H,14H2,1-7H3,(H,26,27)/t18-/m1/s1. The molecule has 0 unspecified atom stereocenters. The van der Waals surface area contributed by atoms with Crippen LogP contribution < -0.4 is 14.8 Å². The van der Waals surface area contributed by atoms with E-state index in [1.807, 2.05) is 39.0 Å². The fourth-order valence-electron chi connectivity index (χ4n) is 3.02. The number of anilines is 1. The van der Waals surface area contributed by atoms with Gasteiger partial charge in [0.15, 0.2) is 17.6 Å². The van der Waals surface area contributed by atoms with Crippen LogP contribution in [-0.4, -0.2) is 31.7 Å². The lowest BCUT2D eigenvalue weighted by Crippen LogP contribution is -2.30. The second-order valence-electron chi connectivity index (χ2n) is 8.30. The van der Waals surface area contributed by atoms with Gasteiger partial charge in [0.2, 0.25) is 0 Å². The predicted molar refractivity (Wildman–Crippen MR) is 122 cm³/mol. The van der Waals surface area contributed by atoms with Crippen LogP contribution in [0.5, 0.6) is 11.5 Å². The topological polar surface area (TPSA) is 73.9 Å². The van der Waals surface area contributed by atoms with Gasteiger partial charge in [0.05, 0.1) is 19.3 Å². The summed E-state index contributed by atoms with van der Waals surface area (Å²) in [5.74, 6) is 0.613. The minimum atomic E-state index is -0.963. The van der Waals surface area contributed by atoms with Crippen LogP contribution in [0.2, 0.25) is 0 Å². The summed E-state index contributed by atoms with van der Waals surface area (Å²) < 4.78 is 16.4. The summed E-state index contributed by atoms with van der Waals surface area (Å²) in [6.07, 6.45) is -0.963. The van der Waals surface area contributed by atoms with Crippen molar-refractivity contribution in [3.63, 3.8) is 0 Å². The van der Waals surface area contributed by atoms with Crippen molar-refractivity contribution >= 4 is 17.6 Å². The molecular formula is C25H33NO5. The van der Waals surface area contributed by atoms with E-state index in [1.54, 1.807) is 25.1 Å². The molecular weight excluding hydrogens is 394 g/mol. The Hall–Kier alpha value is -3.02. The lowest BCUT2D eigenvalue weighted by atomic mass is 9.98. The summed E-state index contributed by atoms with van der Waals surface area (Å²) >= 11 is 0. The fraction of sp³-hybridized carbons (Fsp3) is 0.440. The average Bonchev–Trinajstić information content (AvgIpc) is 2.72. The first kappa shape index (κ1) is 24.3. The number of ether oxygens (including phenoxy) is 3. The van der Waals surface area contributed by atoms with E-state index in [-0.39, 0.29) is 17.4 Å². The summed E-state index contributed by atoms with van der Waals surface area (Å²) in [7, 11) is 1.51. The average molecular weight is 428 g/mol. The SMILES string of the molecule is COc1cc(C(=O)O[C@H](C)C(=O)Nc2c(C)cccc2C(C)C)ccc1OCC(C)C. The van der Waals surface area contributed by atoms with Crippen molar-refractivity contribution in [2.24, 2.45) is 5.92 Å². The van der Waals surface area contributed by atoms with Gasteiger partial charge in [-0.15, -0.1) is 0 Å². The van der Waals surface area contributed by atoms with E-state index in [2.05, 4.69) is 19.2 Å². The van der Waals surface area contributed by atoms with Gasteiger partial charge in [0.25, 0.3) is 5.91 Å². The van der Waals surface area contributed by atoms with Gasteiger partial charge in [-0.2, -0.15) is 0 Å². The maximum atomic E-state index is 12.7. The Bertz CT molecular complexity index is 920. The number of amides is 1. The van der Waals surface area contributed by atoms with Crippen molar-refractivity contribution in [3.05, 3.63) is 53.1 Å². The monoisotopic (exact) mass is 427 g/mol. The molecule has 0 aliphatic rings. The molecule has 0 radical (unpaired) electrons. The van der Waals surface area contributed by atoms with E-state index >= 15 is 0 Å². The zero-order valence-electron chi connectivity index (χ0n) is 19.4. The number of methoxy groups -OCH3 is 1. The molecule has 0 aliphatic carbocycles. The molecule has 0 bridgehead atoms. The molecule has 168 valence electrons. The first-order valence-corrected chi connectivity index (χ1v) is 10.6. The summed E-state index contributed by atoms with van der Waals surface area (Å²) in [5.41, 5.74) is 3.04. The molecule has 1 atom stereocenters. The Kier molecular flexibility index (Phi) is 8.48. The van der Waals surface area contributed by atoms with E-state index in [0.29, 0.717) is 24.0 Å². The van der Waals surface area contributed by atoms with Gasteiger partial charge >= 0.3 is 5.97 Å². The second-order valence-corrected chi connectivity index (χ2v) is 8.30. The van der Waals surface area contributed by atoms with Crippen molar-refractivity contribution in [2.75, 3.05) is 19.0 Å². The third-order valence-corrected chi connectivity index (χ3v) is 4.80. The number of aryl methyl sites for hydroxylation is 1. The number of carbonyl (C=O) groups is 2. The maximum Gasteiger partial charge on any atom is 0.339 e. The number of hydrogen-bond donors (Lipinski definition) is 1. The molecule has 1 amide bonds. The molecule has 0 heterocycles. The van der Waals surface area contributed by atoms with Crippen molar-refractivity contribution < 1.29 is 23.8 Å². The van der Waals surface area contributed by atoms with E-state index in [9.17, 15) is 9.59 Å². The van der Waals surface area contributed by atoms with Gasteiger partial charge in [0, 0.05) is 5.69 Å². The molecule has 0 saturated heterocycles. The molecule has 0 saturated carbocycles. The number of rotatable bonds is 9. The number of carbonyl (C=O) groups excluding carboxylic acids is 2. The van der Waals surface area contributed by atoms with Gasteiger partial charge in [-0.25, -0.2) is 4.79 Å². The molecule has 0 spiro atoms. The van der Waals surface area contributed by atoms with E-state index in [4.69, 9.17) is 14.2 Å². The quantitative estimate of drug-likeness (QED) is 0.547. The number of hydrogen-bond acceptors (Lipinski definition) is 5. The van der Waals surface area contributed by atoms with E-state index in [0.717, 1.165) is 16.8 Å². The molecule has 6 heteroatoms. The number of benzene rings is 2. The smallest absolute Gasteiger partial charge is 0.339 e. The highest BCUT2D eigenvalue weighted by molar-refractivity contribution is 5.98. The Labute approximate surface area is 184 Å². The Morgan fingerprint density at radius 2 is 1.71 bits per heavy atom. The lowest BCUT2D eigenvalue weighted by Gasteiger charge is -2.19. The summed E-state index contributed by atoms with van der Waals surface area (Å²) in [6.45, 7) is 12.3. The molecule has 2 rings (SSSR count). The van der Waals surface area contributed by atoms with Crippen molar-refractivity contribution in [1.29, 1.82) is 0 Å². The van der Waals surface area contributed by atoms with Crippen LogP contribution in [-0.2, 0) is 9.53 Å². The Morgan fingerprint density at radius 1 is 1.00 bits per heavy atom. The summed E-state index contributed by atoms with van der Waals surface area (Å²) in [4.78, 5) is 25.3. The molecule has 0 fully saturated rings. The van der Waals surface area contributed by atoms with E-state index < -0.39 is 12.1 Å². The zero-order chi connectivity index (χ0) is 23.1. The number of para-hydroxylation sites is 1. The summed E-state index contributed by atoms with van der Waals surface area (Å²) in [5, 5.41) is 2.91. The normalized spacial score (nSPS) is 11.9. The molecule has 2 aromatic carbocycles. The van der Waals surface area contributed by atoms with Crippen molar-refractivity contribution in [3.8, 4) is 11.5 Å². The van der Waals surface area contributed by atoms with Gasteiger partial charge in [-0.05, 0) is 55.0 Å². The highest BCUT2D eigenvalue weighted by atomic mass is 16.5. The Balaban J connectivity index is 2.09. The fourth-order valence-corrected chi connectivity index (χ4v) is 3.02. The first-order chi connectivity index (χ1) is 14.6. The number of nitrogens with one attached hydrogen (secondary N) is 1. The molecule has 2 aromatic rings. The third-order valence-electron chi connectivity index (χ3n) is 4.80. The third kappa shape index (κ3) is 6.48. The van der Waals surface area contributed by atoms with Crippen LogP contribution in [0.25, 0.3) is 0 Å². The number of esters is 1. The van der Waals surface area contributed by atoms with Crippen LogP contribution in [0, 0.1) is 12.8 Å². The highest BCUT2D eigenvalue weighted by Crippen LogP contribution is 2.30. The first-order valence-electron chi connectivity index (χ1n) is 10.6. The van der Waals surface area contributed by atoms with Gasteiger partial charge < -0.3 is 19.5 Å². The molecule has 1 N–H and O–H groups in total. The van der Waals surface area contributed by atoms with Crippen LogP contribution >= 0.6 is 0 Å². The van der Waals surface area contributed by atoms with Gasteiger partial charge in [-0.1, -0.05) is 45.9 Å². The molecule has 6 nitrogen and oxygen atoms in total. The minimum Gasteiger partial charge on any atom is -0.493 e. The van der Waals surface area contributed by atoms with Crippen LogP contribution in [0.15, 0.2) is 36.4 Å². The molecule has 0 aliphatic heterocycles. The molecule has 31 heavy (non-hydrogen) atoms. The maximum absolute atomic E-state index is 12.7. The second kappa shape index (κ2) is 10.8. The van der Waals surface area contributed by atoms with E-state index in [1.165, 1.54) is 7.11 Å². The predicted octanol–water partition coefficient (Wildman–Crippen LogP) is 5.35. The van der Waals surface area contributed by atoms with Crippen LogP contribution in [0.1, 0.15) is 62.0 Å². The highest BCUT2D eigenvalue weighted by Gasteiger charge is 2.22. The largest absolute Gasteiger partial charge is 0.493 e. The molecule has 0 aromatic heterocycles.